The Morgan fingerprint density at radius 3 is 2.74 bits per heavy atom. The minimum Gasteiger partial charge on any atom is -0.356 e. The number of benzene rings is 1. The topological polar surface area (TPSA) is 39.9 Å². The molecule has 0 aliphatic carbocycles. The molecule has 19 heavy (non-hydrogen) atoms. The Hall–Kier alpha value is -1.79. The molecule has 0 N–H and O–H groups in total. The SMILES string of the molecule is Cc1c(Cl)ccc2cc(C#N)c(N3CCCC3)nc12. The summed E-state index contributed by atoms with van der Waals surface area (Å²) >= 11 is 6.15. The van der Waals surface area contributed by atoms with Crippen molar-refractivity contribution in [1.82, 2.24) is 4.98 Å². The highest BCUT2D eigenvalue weighted by molar-refractivity contribution is 6.32. The van der Waals surface area contributed by atoms with Gasteiger partial charge in [-0.05, 0) is 37.5 Å². The molecule has 3 nitrogen and oxygen atoms in total. The maximum absolute atomic E-state index is 9.32. The number of hydrogen-bond donors (Lipinski definition) is 0. The van der Waals surface area contributed by atoms with Crippen LogP contribution in [0.25, 0.3) is 10.9 Å². The Bertz CT molecular complexity index is 682. The lowest BCUT2D eigenvalue weighted by Gasteiger charge is -2.18. The zero-order valence-corrected chi connectivity index (χ0v) is 11.5. The molecular formula is C15H14ClN3. The number of fused-ring (bicyclic) bond motifs is 1. The summed E-state index contributed by atoms with van der Waals surface area (Å²) in [5.41, 5.74) is 2.52. The third-order valence-electron chi connectivity index (χ3n) is 3.68. The minimum absolute atomic E-state index is 0.649. The minimum atomic E-state index is 0.649. The summed E-state index contributed by atoms with van der Waals surface area (Å²) < 4.78 is 0. The van der Waals surface area contributed by atoms with Gasteiger partial charge in [0.15, 0.2) is 0 Å². The van der Waals surface area contributed by atoms with Crippen LogP contribution in [0.3, 0.4) is 0 Å². The number of aryl methyl sites for hydroxylation is 1. The van der Waals surface area contributed by atoms with Crippen molar-refractivity contribution in [3.63, 3.8) is 0 Å². The average molecular weight is 272 g/mol. The van der Waals surface area contributed by atoms with Crippen LogP contribution in [0.1, 0.15) is 24.0 Å². The molecular weight excluding hydrogens is 258 g/mol. The highest BCUT2D eigenvalue weighted by atomic mass is 35.5. The van der Waals surface area contributed by atoms with Gasteiger partial charge in [0, 0.05) is 23.5 Å². The van der Waals surface area contributed by atoms with E-state index in [-0.39, 0.29) is 0 Å². The summed E-state index contributed by atoms with van der Waals surface area (Å²) in [6, 6.07) is 7.96. The lowest BCUT2D eigenvalue weighted by atomic mass is 10.1. The van der Waals surface area contributed by atoms with E-state index in [1.54, 1.807) is 0 Å². The van der Waals surface area contributed by atoms with Crippen LogP contribution in [0.2, 0.25) is 5.02 Å². The number of hydrogen-bond acceptors (Lipinski definition) is 3. The second-order valence-electron chi connectivity index (χ2n) is 4.91. The van der Waals surface area contributed by atoms with E-state index < -0.39 is 0 Å². The first kappa shape index (κ1) is 12.3. The van der Waals surface area contributed by atoms with Gasteiger partial charge in [-0.3, -0.25) is 0 Å². The molecule has 1 aromatic carbocycles. The van der Waals surface area contributed by atoms with Gasteiger partial charge in [0.1, 0.15) is 11.9 Å². The van der Waals surface area contributed by atoms with Gasteiger partial charge in [0.05, 0.1) is 11.1 Å². The number of halogens is 1. The maximum Gasteiger partial charge on any atom is 0.147 e. The van der Waals surface area contributed by atoms with Gasteiger partial charge in [-0.15, -0.1) is 0 Å². The van der Waals surface area contributed by atoms with E-state index >= 15 is 0 Å². The molecule has 1 aliphatic rings. The molecule has 0 atom stereocenters. The van der Waals surface area contributed by atoms with Crippen molar-refractivity contribution in [1.29, 1.82) is 5.26 Å². The molecule has 1 fully saturated rings. The highest BCUT2D eigenvalue weighted by Gasteiger charge is 2.18. The molecule has 4 heteroatoms. The van der Waals surface area contributed by atoms with Crippen LogP contribution in [0.5, 0.6) is 0 Å². The van der Waals surface area contributed by atoms with Gasteiger partial charge in [0.2, 0.25) is 0 Å². The molecule has 3 rings (SSSR count). The van der Waals surface area contributed by atoms with Crippen molar-refractivity contribution >= 4 is 28.3 Å². The molecule has 2 heterocycles. The normalized spacial score (nSPS) is 14.9. The van der Waals surface area contributed by atoms with E-state index in [1.165, 1.54) is 12.8 Å². The van der Waals surface area contributed by atoms with Gasteiger partial charge in [-0.1, -0.05) is 17.7 Å². The van der Waals surface area contributed by atoms with Crippen LogP contribution in [0.4, 0.5) is 5.82 Å². The molecule has 0 saturated carbocycles. The Labute approximate surface area is 117 Å². The molecule has 0 bridgehead atoms. The quantitative estimate of drug-likeness (QED) is 0.794. The van der Waals surface area contributed by atoms with E-state index in [2.05, 4.69) is 11.0 Å². The average Bonchev–Trinajstić information content (AvgIpc) is 2.96. The van der Waals surface area contributed by atoms with Crippen molar-refractivity contribution in [2.45, 2.75) is 19.8 Å². The summed E-state index contributed by atoms with van der Waals surface area (Å²) in [4.78, 5) is 6.90. The van der Waals surface area contributed by atoms with Crippen LogP contribution >= 0.6 is 11.6 Å². The third-order valence-corrected chi connectivity index (χ3v) is 4.09. The number of anilines is 1. The Kier molecular flexibility index (Phi) is 3.04. The largest absolute Gasteiger partial charge is 0.356 e. The van der Waals surface area contributed by atoms with Crippen molar-refractivity contribution in [3.05, 3.63) is 34.3 Å². The molecule has 2 aromatic rings. The van der Waals surface area contributed by atoms with E-state index in [4.69, 9.17) is 16.6 Å². The Balaban J connectivity index is 2.25. The zero-order chi connectivity index (χ0) is 13.4. The van der Waals surface area contributed by atoms with Crippen molar-refractivity contribution in [2.75, 3.05) is 18.0 Å². The fourth-order valence-corrected chi connectivity index (χ4v) is 2.75. The lowest BCUT2D eigenvalue weighted by molar-refractivity contribution is 0.940. The van der Waals surface area contributed by atoms with Gasteiger partial charge >= 0.3 is 0 Å². The predicted molar refractivity (Wildman–Crippen MR) is 77.7 cm³/mol. The Morgan fingerprint density at radius 1 is 1.32 bits per heavy atom. The third kappa shape index (κ3) is 2.02. The molecule has 0 amide bonds. The van der Waals surface area contributed by atoms with Crippen molar-refractivity contribution < 1.29 is 0 Å². The van der Waals surface area contributed by atoms with Gasteiger partial charge in [0.25, 0.3) is 0 Å². The predicted octanol–water partition coefficient (Wildman–Crippen LogP) is 3.67. The molecule has 96 valence electrons. The monoisotopic (exact) mass is 271 g/mol. The second kappa shape index (κ2) is 4.71. The molecule has 0 radical (unpaired) electrons. The van der Waals surface area contributed by atoms with E-state index in [1.807, 2.05) is 25.1 Å². The number of nitriles is 1. The summed E-state index contributed by atoms with van der Waals surface area (Å²) in [7, 11) is 0. The molecule has 1 saturated heterocycles. The maximum atomic E-state index is 9.32. The zero-order valence-electron chi connectivity index (χ0n) is 10.8. The van der Waals surface area contributed by atoms with Gasteiger partial charge in [-0.2, -0.15) is 5.26 Å². The number of rotatable bonds is 1. The van der Waals surface area contributed by atoms with Crippen LogP contribution in [0, 0.1) is 18.3 Å². The summed E-state index contributed by atoms with van der Waals surface area (Å²) in [5.74, 6) is 0.804. The lowest BCUT2D eigenvalue weighted by Crippen LogP contribution is -2.20. The molecule has 1 aromatic heterocycles. The smallest absolute Gasteiger partial charge is 0.147 e. The van der Waals surface area contributed by atoms with E-state index in [0.29, 0.717) is 5.56 Å². The highest BCUT2D eigenvalue weighted by Crippen LogP contribution is 2.30. The van der Waals surface area contributed by atoms with E-state index in [9.17, 15) is 5.26 Å². The number of nitrogens with zero attached hydrogens (tertiary/aromatic N) is 3. The standard InChI is InChI=1S/C15H14ClN3/c1-10-13(16)5-4-11-8-12(9-17)15(18-14(10)11)19-6-2-3-7-19/h4-5,8H,2-3,6-7H2,1H3. The molecule has 0 spiro atoms. The van der Waals surface area contributed by atoms with Crippen LogP contribution in [-0.2, 0) is 0 Å². The Morgan fingerprint density at radius 2 is 2.05 bits per heavy atom. The van der Waals surface area contributed by atoms with E-state index in [0.717, 1.165) is 40.4 Å². The van der Waals surface area contributed by atoms with Gasteiger partial charge < -0.3 is 4.90 Å². The first-order valence-electron chi connectivity index (χ1n) is 6.45. The van der Waals surface area contributed by atoms with Crippen molar-refractivity contribution in [2.24, 2.45) is 0 Å². The molecule has 0 unspecified atom stereocenters. The van der Waals surface area contributed by atoms with Crippen LogP contribution in [0.15, 0.2) is 18.2 Å². The summed E-state index contributed by atoms with van der Waals surface area (Å²) in [5, 5.41) is 11.0. The fraction of sp³-hybridized carbons (Fsp3) is 0.333. The number of pyridine rings is 1. The van der Waals surface area contributed by atoms with Crippen molar-refractivity contribution in [3.8, 4) is 6.07 Å². The first-order valence-corrected chi connectivity index (χ1v) is 6.83. The second-order valence-corrected chi connectivity index (χ2v) is 5.32. The first-order chi connectivity index (χ1) is 9.20. The summed E-state index contributed by atoms with van der Waals surface area (Å²) in [6.07, 6.45) is 2.33. The van der Waals surface area contributed by atoms with Crippen LogP contribution < -0.4 is 4.90 Å². The summed E-state index contributed by atoms with van der Waals surface area (Å²) in [6.45, 7) is 3.93. The van der Waals surface area contributed by atoms with Gasteiger partial charge in [-0.25, -0.2) is 4.98 Å². The number of aromatic nitrogens is 1. The van der Waals surface area contributed by atoms with Crippen LogP contribution in [-0.4, -0.2) is 18.1 Å². The fourth-order valence-electron chi connectivity index (χ4n) is 2.60. The molecule has 1 aliphatic heterocycles.